The van der Waals surface area contributed by atoms with E-state index in [4.69, 9.17) is 18.0 Å². The number of thiocarbonyl (C=S) groups is 1. The second-order valence-electron chi connectivity index (χ2n) is 2.83. The van der Waals surface area contributed by atoms with Crippen molar-refractivity contribution in [3.63, 3.8) is 0 Å². The monoisotopic (exact) mass is 231 g/mol. The molecular formula is C10H8F3NS. The van der Waals surface area contributed by atoms with E-state index < -0.39 is 11.9 Å². The number of alkyl halides is 3. The molecule has 1 aromatic rings. The van der Waals surface area contributed by atoms with Crippen molar-refractivity contribution in [3.05, 3.63) is 47.7 Å². The molecule has 80 valence electrons. The van der Waals surface area contributed by atoms with Gasteiger partial charge >= 0.3 is 6.18 Å². The van der Waals surface area contributed by atoms with E-state index in [0.29, 0.717) is 5.56 Å². The molecule has 15 heavy (non-hydrogen) atoms. The van der Waals surface area contributed by atoms with Crippen molar-refractivity contribution in [1.29, 1.82) is 0 Å². The topological polar surface area (TPSA) is 26.0 Å². The van der Waals surface area contributed by atoms with Gasteiger partial charge in [0.1, 0.15) is 5.70 Å². The number of nitrogens with two attached hydrogens (primary N) is 1. The summed E-state index contributed by atoms with van der Waals surface area (Å²) in [6.45, 7) is 0. The lowest BCUT2D eigenvalue weighted by molar-refractivity contribution is -0.0925. The molecule has 0 aliphatic carbocycles. The van der Waals surface area contributed by atoms with Crippen molar-refractivity contribution in [2.24, 2.45) is 5.73 Å². The highest BCUT2D eigenvalue weighted by atomic mass is 32.1. The number of allylic oxidation sites excluding steroid dienone is 2. The molecule has 0 aliphatic rings. The minimum absolute atomic E-state index is 0.0745. The third-order valence-corrected chi connectivity index (χ3v) is 2.03. The van der Waals surface area contributed by atoms with Crippen LogP contribution in [0.25, 0.3) is 0 Å². The first-order valence-corrected chi connectivity index (χ1v) is 4.46. The summed E-state index contributed by atoms with van der Waals surface area (Å²) in [7, 11) is 0. The Balaban J connectivity index is 2.90. The van der Waals surface area contributed by atoms with Gasteiger partial charge in [-0.25, -0.2) is 0 Å². The average molecular weight is 231 g/mol. The van der Waals surface area contributed by atoms with E-state index >= 15 is 0 Å². The van der Waals surface area contributed by atoms with Crippen molar-refractivity contribution in [1.82, 2.24) is 0 Å². The highest BCUT2D eigenvalue weighted by molar-refractivity contribution is 7.81. The van der Waals surface area contributed by atoms with Crippen LogP contribution in [0.5, 0.6) is 0 Å². The molecule has 0 bridgehead atoms. The first kappa shape index (κ1) is 11.7. The first-order chi connectivity index (χ1) is 6.91. The predicted octanol–water partition coefficient (Wildman–Crippen LogP) is 2.81. The summed E-state index contributed by atoms with van der Waals surface area (Å²) >= 11 is 4.81. The number of hydrogen-bond donors (Lipinski definition) is 1. The zero-order valence-electron chi connectivity index (χ0n) is 7.58. The lowest BCUT2D eigenvalue weighted by atomic mass is 10.1. The summed E-state index contributed by atoms with van der Waals surface area (Å²) in [5, 5.41) is 0. The molecule has 0 unspecified atom stereocenters. The zero-order valence-corrected chi connectivity index (χ0v) is 8.40. The molecule has 5 heteroatoms. The Morgan fingerprint density at radius 1 is 1.20 bits per heavy atom. The standard InChI is InChI=1S/C10H8F3NS/c11-10(12,13)9(14)6-8(15)7-4-2-1-3-5-7/h1-6H,14H2/b9-6-. The molecule has 1 nitrogen and oxygen atoms in total. The number of halogens is 3. The average Bonchev–Trinajstić information content (AvgIpc) is 2.17. The van der Waals surface area contributed by atoms with E-state index in [0.717, 1.165) is 6.08 Å². The van der Waals surface area contributed by atoms with Gasteiger partial charge in [-0.3, -0.25) is 0 Å². The lowest BCUT2D eigenvalue weighted by Gasteiger charge is -2.06. The summed E-state index contributed by atoms with van der Waals surface area (Å²) in [4.78, 5) is 0.0745. The van der Waals surface area contributed by atoms with E-state index in [1.165, 1.54) is 0 Å². The van der Waals surface area contributed by atoms with Gasteiger partial charge in [-0.2, -0.15) is 13.2 Å². The van der Waals surface area contributed by atoms with Crippen LogP contribution in [0.15, 0.2) is 42.1 Å². The number of rotatable bonds is 2. The second-order valence-corrected chi connectivity index (χ2v) is 3.27. The van der Waals surface area contributed by atoms with Crippen molar-refractivity contribution < 1.29 is 13.2 Å². The Kier molecular flexibility index (Phi) is 3.47. The van der Waals surface area contributed by atoms with Gasteiger partial charge in [0, 0.05) is 4.86 Å². The molecule has 0 fully saturated rings. The van der Waals surface area contributed by atoms with Gasteiger partial charge in [0.2, 0.25) is 0 Å². The molecule has 1 rings (SSSR count). The molecule has 0 aliphatic heterocycles. The molecular weight excluding hydrogens is 223 g/mol. The third-order valence-electron chi connectivity index (χ3n) is 1.67. The van der Waals surface area contributed by atoms with Gasteiger partial charge in [0.15, 0.2) is 0 Å². The van der Waals surface area contributed by atoms with Crippen molar-refractivity contribution in [2.75, 3.05) is 0 Å². The maximum atomic E-state index is 12.1. The molecule has 0 amide bonds. The SMILES string of the molecule is N/C(=C\C(=S)c1ccccc1)C(F)(F)F. The van der Waals surface area contributed by atoms with Crippen LogP contribution in [-0.4, -0.2) is 11.0 Å². The summed E-state index contributed by atoms with van der Waals surface area (Å²) < 4.78 is 36.2. The normalized spacial score (nSPS) is 12.6. The smallest absolute Gasteiger partial charge is 0.395 e. The van der Waals surface area contributed by atoms with Crippen LogP contribution in [0.4, 0.5) is 13.2 Å². The number of benzene rings is 1. The van der Waals surface area contributed by atoms with Crippen molar-refractivity contribution in [2.45, 2.75) is 6.18 Å². The summed E-state index contributed by atoms with van der Waals surface area (Å²) in [5.41, 5.74) is 4.20. The zero-order chi connectivity index (χ0) is 11.5. The van der Waals surface area contributed by atoms with E-state index in [9.17, 15) is 13.2 Å². The molecule has 2 N–H and O–H groups in total. The molecule has 0 saturated heterocycles. The van der Waals surface area contributed by atoms with Crippen LogP contribution in [0.1, 0.15) is 5.56 Å². The second kappa shape index (κ2) is 4.44. The van der Waals surface area contributed by atoms with Gasteiger partial charge in [0.25, 0.3) is 0 Å². The van der Waals surface area contributed by atoms with Gasteiger partial charge in [-0.15, -0.1) is 0 Å². The van der Waals surface area contributed by atoms with Crippen LogP contribution < -0.4 is 5.73 Å². The quantitative estimate of drug-likeness (QED) is 0.481. The molecule has 0 atom stereocenters. The summed E-state index contributed by atoms with van der Waals surface area (Å²) in [6, 6.07) is 8.40. The van der Waals surface area contributed by atoms with E-state index in [-0.39, 0.29) is 4.86 Å². The van der Waals surface area contributed by atoms with Gasteiger partial charge in [-0.05, 0) is 11.6 Å². The van der Waals surface area contributed by atoms with Crippen LogP contribution in [-0.2, 0) is 0 Å². The van der Waals surface area contributed by atoms with Gasteiger partial charge in [0.05, 0.1) is 0 Å². The first-order valence-electron chi connectivity index (χ1n) is 4.05. The molecule has 0 saturated carbocycles. The van der Waals surface area contributed by atoms with Crippen molar-refractivity contribution in [3.8, 4) is 0 Å². The minimum Gasteiger partial charge on any atom is -0.395 e. The van der Waals surface area contributed by atoms with E-state index in [1.54, 1.807) is 30.3 Å². The highest BCUT2D eigenvalue weighted by Gasteiger charge is 2.31. The predicted molar refractivity (Wildman–Crippen MR) is 56.5 cm³/mol. The fraction of sp³-hybridized carbons (Fsp3) is 0.100. The molecule has 0 spiro atoms. The van der Waals surface area contributed by atoms with Crippen LogP contribution in [0, 0.1) is 0 Å². The number of hydrogen-bond acceptors (Lipinski definition) is 2. The van der Waals surface area contributed by atoms with Crippen LogP contribution in [0.2, 0.25) is 0 Å². The summed E-state index contributed by atoms with van der Waals surface area (Å²) in [5.74, 6) is 0. The third kappa shape index (κ3) is 3.36. The van der Waals surface area contributed by atoms with Gasteiger partial charge < -0.3 is 5.73 Å². The largest absolute Gasteiger partial charge is 0.430 e. The Morgan fingerprint density at radius 2 is 1.73 bits per heavy atom. The molecule has 0 aromatic heterocycles. The van der Waals surface area contributed by atoms with Gasteiger partial charge in [-0.1, -0.05) is 42.5 Å². The summed E-state index contributed by atoms with van der Waals surface area (Å²) in [6.07, 6.45) is -3.77. The Labute approximate surface area is 90.4 Å². The van der Waals surface area contributed by atoms with E-state index in [2.05, 4.69) is 0 Å². The fourth-order valence-corrected chi connectivity index (χ4v) is 1.17. The van der Waals surface area contributed by atoms with Crippen LogP contribution in [0.3, 0.4) is 0 Å². The highest BCUT2D eigenvalue weighted by Crippen LogP contribution is 2.21. The van der Waals surface area contributed by atoms with Crippen LogP contribution >= 0.6 is 12.2 Å². The molecule has 0 heterocycles. The lowest BCUT2D eigenvalue weighted by Crippen LogP contribution is -2.20. The Bertz CT molecular complexity index is 381. The molecule has 0 radical (unpaired) electrons. The van der Waals surface area contributed by atoms with E-state index in [1.807, 2.05) is 0 Å². The van der Waals surface area contributed by atoms with Crippen molar-refractivity contribution >= 4 is 17.1 Å². The maximum Gasteiger partial charge on any atom is 0.430 e. The fourth-order valence-electron chi connectivity index (χ4n) is 0.909. The Hall–Kier alpha value is -1.36. The minimum atomic E-state index is -4.53. The molecule has 1 aromatic carbocycles. The maximum absolute atomic E-state index is 12.1. The Morgan fingerprint density at radius 3 is 2.20 bits per heavy atom.